The third kappa shape index (κ3) is 4.26. The summed E-state index contributed by atoms with van der Waals surface area (Å²) in [5.74, 6) is 0. The molecule has 0 amide bonds. The van der Waals surface area contributed by atoms with E-state index < -0.39 is 0 Å². The first-order valence-corrected chi connectivity index (χ1v) is 7.43. The second kappa shape index (κ2) is 7.86. The minimum atomic E-state index is 0.563. The summed E-state index contributed by atoms with van der Waals surface area (Å²) in [7, 11) is 2.08. The van der Waals surface area contributed by atoms with Gasteiger partial charge >= 0.3 is 0 Å². The van der Waals surface area contributed by atoms with Gasteiger partial charge in [0.25, 0.3) is 0 Å². The van der Waals surface area contributed by atoms with Gasteiger partial charge in [-0.2, -0.15) is 11.3 Å². The summed E-state index contributed by atoms with van der Waals surface area (Å²) in [5, 5.41) is 7.98. The van der Waals surface area contributed by atoms with Crippen LogP contribution in [0.4, 0.5) is 0 Å². The van der Waals surface area contributed by atoms with E-state index in [1.54, 1.807) is 0 Å². The smallest absolute Gasteiger partial charge is 0.0328 e. The maximum absolute atomic E-state index is 3.44. The van der Waals surface area contributed by atoms with E-state index in [2.05, 4.69) is 37.0 Å². The summed E-state index contributed by atoms with van der Waals surface area (Å²) in [6.07, 6.45) is 8.13. The Balaban J connectivity index is 2.30. The fourth-order valence-electron chi connectivity index (χ4n) is 2.13. The first-order valence-electron chi connectivity index (χ1n) is 6.49. The molecular formula is C14H25NS. The van der Waals surface area contributed by atoms with Crippen molar-refractivity contribution in [3.63, 3.8) is 0 Å². The Labute approximate surface area is 104 Å². The van der Waals surface area contributed by atoms with Gasteiger partial charge in [0.1, 0.15) is 0 Å². The second-order valence-electron chi connectivity index (χ2n) is 4.55. The maximum Gasteiger partial charge on any atom is 0.0328 e. The molecule has 1 heterocycles. The van der Waals surface area contributed by atoms with Crippen LogP contribution in [0.1, 0.15) is 62.6 Å². The van der Waals surface area contributed by atoms with Crippen molar-refractivity contribution in [3.05, 3.63) is 21.9 Å². The lowest BCUT2D eigenvalue weighted by Crippen LogP contribution is -2.16. The van der Waals surface area contributed by atoms with E-state index in [-0.39, 0.29) is 0 Å². The van der Waals surface area contributed by atoms with Crippen LogP contribution in [0.25, 0.3) is 0 Å². The molecule has 2 heteroatoms. The van der Waals surface area contributed by atoms with Gasteiger partial charge in [-0.1, -0.05) is 39.0 Å². The molecule has 0 radical (unpaired) electrons. The fraction of sp³-hybridized carbons (Fsp3) is 0.714. The number of hydrogen-bond acceptors (Lipinski definition) is 2. The highest BCUT2D eigenvalue weighted by Gasteiger charge is 2.11. The molecular weight excluding hydrogens is 214 g/mol. The molecule has 16 heavy (non-hydrogen) atoms. The molecule has 1 unspecified atom stereocenters. The molecule has 0 aromatic carbocycles. The summed E-state index contributed by atoms with van der Waals surface area (Å²) in [4.78, 5) is 0. The first-order chi connectivity index (χ1) is 7.79. The molecule has 0 spiro atoms. The van der Waals surface area contributed by atoms with Crippen LogP contribution in [0.2, 0.25) is 0 Å². The molecule has 0 aliphatic carbocycles. The van der Waals surface area contributed by atoms with E-state index in [1.807, 2.05) is 11.3 Å². The van der Waals surface area contributed by atoms with Gasteiger partial charge < -0.3 is 5.32 Å². The zero-order valence-corrected chi connectivity index (χ0v) is 11.7. The average molecular weight is 239 g/mol. The SMILES string of the molecule is CCCCCCCC(NC)c1cscc1C. The number of rotatable bonds is 8. The normalized spacial score (nSPS) is 12.9. The van der Waals surface area contributed by atoms with Crippen molar-refractivity contribution in [1.29, 1.82) is 0 Å². The highest BCUT2D eigenvalue weighted by atomic mass is 32.1. The van der Waals surface area contributed by atoms with Crippen LogP contribution >= 0.6 is 11.3 Å². The van der Waals surface area contributed by atoms with Crippen LogP contribution in [0.5, 0.6) is 0 Å². The Kier molecular flexibility index (Phi) is 6.74. The van der Waals surface area contributed by atoms with E-state index in [1.165, 1.54) is 49.7 Å². The largest absolute Gasteiger partial charge is 0.313 e. The van der Waals surface area contributed by atoms with Gasteiger partial charge in [0, 0.05) is 6.04 Å². The summed E-state index contributed by atoms with van der Waals surface area (Å²) < 4.78 is 0. The Morgan fingerprint density at radius 3 is 2.50 bits per heavy atom. The second-order valence-corrected chi connectivity index (χ2v) is 5.30. The molecule has 0 aliphatic heterocycles. The van der Waals surface area contributed by atoms with E-state index in [0.29, 0.717) is 6.04 Å². The predicted molar refractivity (Wildman–Crippen MR) is 74.2 cm³/mol. The van der Waals surface area contributed by atoms with Gasteiger partial charge in [0.05, 0.1) is 0 Å². The molecule has 1 nitrogen and oxygen atoms in total. The molecule has 1 atom stereocenters. The Bertz CT molecular complexity index is 280. The number of unbranched alkanes of at least 4 members (excludes halogenated alkanes) is 4. The van der Waals surface area contributed by atoms with E-state index >= 15 is 0 Å². The number of aryl methyl sites for hydroxylation is 1. The van der Waals surface area contributed by atoms with Crippen LogP contribution in [-0.2, 0) is 0 Å². The van der Waals surface area contributed by atoms with Gasteiger partial charge in [0.15, 0.2) is 0 Å². The van der Waals surface area contributed by atoms with Crippen LogP contribution in [0, 0.1) is 6.92 Å². The third-order valence-corrected chi connectivity index (χ3v) is 4.10. The van der Waals surface area contributed by atoms with Gasteiger partial charge in [-0.25, -0.2) is 0 Å². The van der Waals surface area contributed by atoms with Crippen molar-refractivity contribution < 1.29 is 0 Å². The van der Waals surface area contributed by atoms with Gasteiger partial charge in [-0.15, -0.1) is 0 Å². The van der Waals surface area contributed by atoms with E-state index in [0.717, 1.165) is 0 Å². The standard InChI is InChI=1S/C14H25NS/c1-4-5-6-7-8-9-14(15-3)13-11-16-10-12(13)2/h10-11,14-15H,4-9H2,1-3H3. The summed E-state index contributed by atoms with van der Waals surface area (Å²) >= 11 is 1.82. The van der Waals surface area contributed by atoms with E-state index in [4.69, 9.17) is 0 Å². The van der Waals surface area contributed by atoms with Crippen molar-refractivity contribution in [1.82, 2.24) is 5.32 Å². The minimum absolute atomic E-state index is 0.563. The molecule has 0 saturated carbocycles. The maximum atomic E-state index is 3.44. The van der Waals surface area contributed by atoms with Gasteiger partial charge in [-0.3, -0.25) is 0 Å². The third-order valence-electron chi connectivity index (χ3n) is 3.22. The average Bonchev–Trinajstić information content (AvgIpc) is 2.70. The van der Waals surface area contributed by atoms with Crippen LogP contribution in [0.15, 0.2) is 10.8 Å². The number of thiophene rings is 1. The quantitative estimate of drug-likeness (QED) is 0.650. The molecule has 1 rings (SSSR count). The Hall–Kier alpha value is -0.340. The summed E-state index contributed by atoms with van der Waals surface area (Å²) in [6.45, 7) is 4.48. The summed E-state index contributed by atoms with van der Waals surface area (Å²) in [5.41, 5.74) is 2.95. The predicted octanol–water partition coefficient (Wildman–Crippen LogP) is 4.68. The molecule has 92 valence electrons. The lowest BCUT2D eigenvalue weighted by molar-refractivity contribution is 0.500. The van der Waals surface area contributed by atoms with Crippen molar-refractivity contribution in [2.45, 2.75) is 58.4 Å². The molecule has 0 fully saturated rings. The fourth-order valence-corrected chi connectivity index (χ4v) is 3.04. The van der Waals surface area contributed by atoms with Crippen LogP contribution in [-0.4, -0.2) is 7.05 Å². The topological polar surface area (TPSA) is 12.0 Å². The lowest BCUT2D eigenvalue weighted by atomic mass is 10.00. The zero-order valence-electron chi connectivity index (χ0n) is 10.9. The molecule has 0 saturated heterocycles. The minimum Gasteiger partial charge on any atom is -0.313 e. The van der Waals surface area contributed by atoms with Gasteiger partial charge in [0.2, 0.25) is 0 Å². The summed E-state index contributed by atoms with van der Waals surface area (Å²) in [6, 6.07) is 0.563. The van der Waals surface area contributed by atoms with Crippen LogP contribution in [0.3, 0.4) is 0 Å². The van der Waals surface area contributed by atoms with E-state index in [9.17, 15) is 0 Å². The first kappa shape index (κ1) is 13.7. The van der Waals surface area contributed by atoms with Crippen molar-refractivity contribution in [2.75, 3.05) is 7.05 Å². The highest BCUT2D eigenvalue weighted by Crippen LogP contribution is 2.25. The lowest BCUT2D eigenvalue weighted by Gasteiger charge is -2.16. The van der Waals surface area contributed by atoms with Crippen LogP contribution < -0.4 is 5.32 Å². The molecule has 0 bridgehead atoms. The Morgan fingerprint density at radius 2 is 1.94 bits per heavy atom. The number of hydrogen-bond donors (Lipinski definition) is 1. The van der Waals surface area contributed by atoms with Crippen molar-refractivity contribution >= 4 is 11.3 Å². The molecule has 1 aromatic heterocycles. The van der Waals surface area contributed by atoms with Gasteiger partial charge in [-0.05, 0) is 42.3 Å². The highest BCUT2D eigenvalue weighted by molar-refractivity contribution is 7.08. The molecule has 1 N–H and O–H groups in total. The van der Waals surface area contributed by atoms with Crippen molar-refractivity contribution in [3.8, 4) is 0 Å². The molecule has 0 aliphatic rings. The van der Waals surface area contributed by atoms with Crippen molar-refractivity contribution in [2.24, 2.45) is 0 Å². The zero-order chi connectivity index (χ0) is 11.8. The monoisotopic (exact) mass is 239 g/mol. The number of nitrogens with one attached hydrogen (secondary N) is 1. The molecule has 1 aromatic rings. The Morgan fingerprint density at radius 1 is 1.19 bits per heavy atom.